The zero-order chi connectivity index (χ0) is 17.1. The Balaban J connectivity index is 1.36. The summed E-state index contributed by atoms with van der Waals surface area (Å²) in [6.45, 7) is 1.92. The van der Waals surface area contributed by atoms with E-state index < -0.39 is 0 Å². The molecular weight excluding hydrogens is 334 g/mol. The third kappa shape index (κ3) is 3.79. The van der Waals surface area contributed by atoms with Gasteiger partial charge < -0.3 is 15.0 Å². The van der Waals surface area contributed by atoms with Gasteiger partial charge in [0, 0.05) is 36.3 Å². The van der Waals surface area contributed by atoms with E-state index in [4.69, 9.17) is 4.74 Å². The minimum atomic E-state index is -0.0208. The Hall–Kier alpha value is -2.08. The summed E-state index contributed by atoms with van der Waals surface area (Å²) in [5.41, 5.74) is 2.22. The lowest BCUT2D eigenvalue weighted by molar-refractivity contribution is 0.190. The van der Waals surface area contributed by atoms with E-state index in [-0.39, 0.29) is 12.1 Å². The van der Waals surface area contributed by atoms with Gasteiger partial charge in [0.05, 0.1) is 0 Å². The molecule has 1 fully saturated rings. The summed E-state index contributed by atoms with van der Waals surface area (Å²) in [7, 11) is 0. The molecule has 0 unspecified atom stereocenters. The zero-order valence-corrected chi connectivity index (χ0v) is 15.1. The highest BCUT2D eigenvalue weighted by atomic mass is 32.1. The highest BCUT2D eigenvalue weighted by Gasteiger charge is 2.22. The molecule has 0 bridgehead atoms. The highest BCUT2D eigenvalue weighted by Crippen LogP contribution is 2.26. The second-order valence-corrected chi connectivity index (χ2v) is 7.69. The summed E-state index contributed by atoms with van der Waals surface area (Å²) < 4.78 is 6.05. The van der Waals surface area contributed by atoms with Crippen LogP contribution in [-0.4, -0.2) is 28.6 Å². The van der Waals surface area contributed by atoms with Crippen LogP contribution in [0, 0.1) is 0 Å². The molecule has 6 heteroatoms. The van der Waals surface area contributed by atoms with Crippen molar-refractivity contribution in [2.75, 3.05) is 6.54 Å². The number of aromatic nitrogens is 1. The second-order valence-electron chi connectivity index (χ2n) is 6.69. The molecule has 3 heterocycles. The quantitative estimate of drug-likeness (QED) is 0.907. The first kappa shape index (κ1) is 16.4. The van der Waals surface area contributed by atoms with E-state index in [2.05, 4.69) is 21.7 Å². The Morgan fingerprint density at radius 1 is 1.36 bits per heavy atom. The monoisotopic (exact) mass is 357 g/mol. The first-order valence-corrected chi connectivity index (χ1v) is 9.86. The van der Waals surface area contributed by atoms with Gasteiger partial charge in [-0.15, -0.1) is 11.3 Å². The van der Waals surface area contributed by atoms with Crippen molar-refractivity contribution >= 4 is 17.4 Å². The summed E-state index contributed by atoms with van der Waals surface area (Å²) in [6, 6.07) is 5.97. The van der Waals surface area contributed by atoms with Crippen molar-refractivity contribution in [3.05, 3.63) is 45.8 Å². The molecule has 0 radical (unpaired) electrons. The van der Waals surface area contributed by atoms with Crippen LogP contribution in [0.3, 0.4) is 0 Å². The normalized spacial score (nSPS) is 17.4. The van der Waals surface area contributed by atoms with Crippen LogP contribution in [0.2, 0.25) is 0 Å². The molecule has 0 atom stereocenters. The molecule has 2 amide bonds. The molecule has 132 valence electrons. The fraction of sp³-hybridized carbons (Fsp3) is 0.474. The molecule has 0 aromatic carbocycles. The van der Waals surface area contributed by atoms with Gasteiger partial charge in [0.2, 0.25) is 5.88 Å². The molecular formula is C19H23N3O2S. The van der Waals surface area contributed by atoms with Gasteiger partial charge in [-0.25, -0.2) is 9.78 Å². The number of rotatable bonds is 4. The topological polar surface area (TPSA) is 54.5 Å². The maximum absolute atomic E-state index is 12.5. The van der Waals surface area contributed by atoms with Crippen LogP contribution in [0.25, 0.3) is 0 Å². The van der Waals surface area contributed by atoms with Crippen molar-refractivity contribution < 1.29 is 9.53 Å². The number of carbonyl (C=O) groups excluding carboxylic acids is 1. The fourth-order valence-corrected chi connectivity index (χ4v) is 4.42. The average Bonchev–Trinajstić information content (AvgIpc) is 3.31. The van der Waals surface area contributed by atoms with Gasteiger partial charge in [0.15, 0.2) is 0 Å². The number of fused-ring (bicyclic) bond motifs is 1. The minimum absolute atomic E-state index is 0.0208. The average molecular weight is 357 g/mol. The number of nitrogens with zero attached hydrogens (tertiary/aromatic N) is 2. The van der Waals surface area contributed by atoms with E-state index in [1.54, 1.807) is 17.5 Å². The molecule has 2 aliphatic rings. The lowest BCUT2D eigenvalue weighted by Crippen LogP contribution is -2.42. The van der Waals surface area contributed by atoms with Crippen molar-refractivity contribution in [3.8, 4) is 5.88 Å². The number of pyridine rings is 1. The highest BCUT2D eigenvalue weighted by molar-refractivity contribution is 7.10. The lowest BCUT2D eigenvalue weighted by atomic mass is 10.1. The summed E-state index contributed by atoms with van der Waals surface area (Å²) >= 11 is 1.78. The lowest BCUT2D eigenvalue weighted by Gasteiger charge is -2.27. The molecule has 1 N–H and O–H groups in total. The van der Waals surface area contributed by atoms with Crippen LogP contribution in [0.4, 0.5) is 4.79 Å². The van der Waals surface area contributed by atoms with Gasteiger partial charge >= 0.3 is 6.03 Å². The van der Waals surface area contributed by atoms with Crippen molar-refractivity contribution in [1.29, 1.82) is 0 Å². The van der Waals surface area contributed by atoms with Gasteiger partial charge in [-0.1, -0.05) is 6.07 Å². The van der Waals surface area contributed by atoms with Crippen molar-refractivity contribution in [3.63, 3.8) is 0 Å². The Morgan fingerprint density at radius 2 is 2.24 bits per heavy atom. The number of urea groups is 1. The molecule has 1 aliphatic heterocycles. The molecule has 1 aliphatic carbocycles. The number of carbonyl (C=O) groups is 1. The Morgan fingerprint density at radius 3 is 3.12 bits per heavy atom. The standard InChI is InChI=1S/C19H23N3O2S/c23-19(22-10-7-17-15(13-22)8-11-25-17)21-12-14-4-3-9-20-18(14)24-16-5-1-2-6-16/h3-4,8-9,11,16H,1-2,5-7,10,12-13H2,(H,21,23). The molecule has 25 heavy (non-hydrogen) atoms. The Kier molecular flexibility index (Phi) is 4.88. The van der Waals surface area contributed by atoms with E-state index in [9.17, 15) is 4.79 Å². The number of hydrogen-bond donors (Lipinski definition) is 1. The van der Waals surface area contributed by atoms with E-state index in [0.29, 0.717) is 19.0 Å². The first-order valence-electron chi connectivity index (χ1n) is 8.98. The predicted octanol–water partition coefficient (Wildman–Crippen LogP) is 3.73. The van der Waals surface area contributed by atoms with Gasteiger partial charge in [0.1, 0.15) is 6.10 Å². The van der Waals surface area contributed by atoms with Crippen LogP contribution in [-0.2, 0) is 19.5 Å². The third-order valence-electron chi connectivity index (χ3n) is 4.96. The smallest absolute Gasteiger partial charge is 0.317 e. The van der Waals surface area contributed by atoms with Gasteiger partial charge in [-0.05, 0) is 55.2 Å². The Bertz CT molecular complexity index is 740. The molecule has 2 aromatic rings. The number of thiophene rings is 1. The number of amides is 2. The molecule has 5 nitrogen and oxygen atoms in total. The van der Waals surface area contributed by atoms with Gasteiger partial charge in [-0.3, -0.25) is 0 Å². The number of hydrogen-bond acceptors (Lipinski definition) is 4. The summed E-state index contributed by atoms with van der Waals surface area (Å²) in [5, 5.41) is 5.13. The second kappa shape index (κ2) is 7.44. The summed E-state index contributed by atoms with van der Waals surface area (Å²) in [6.07, 6.45) is 7.61. The van der Waals surface area contributed by atoms with Crippen LogP contribution in [0.1, 0.15) is 41.7 Å². The van der Waals surface area contributed by atoms with Crippen molar-refractivity contribution in [1.82, 2.24) is 15.2 Å². The maximum atomic E-state index is 12.5. The largest absolute Gasteiger partial charge is 0.474 e. The van der Waals surface area contributed by atoms with Crippen LogP contribution in [0.5, 0.6) is 5.88 Å². The molecule has 2 aromatic heterocycles. The van der Waals surface area contributed by atoms with Crippen LogP contribution >= 0.6 is 11.3 Å². The van der Waals surface area contributed by atoms with Crippen molar-refractivity contribution in [2.24, 2.45) is 0 Å². The van der Waals surface area contributed by atoms with E-state index in [1.165, 1.54) is 23.3 Å². The number of ether oxygens (including phenoxy) is 1. The summed E-state index contributed by atoms with van der Waals surface area (Å²) in [4.78, 5) is 20.2. The van der Waals surface area contributed by atoms with Crippen LogP contribution < -0.4 is 10.1 Å². The van der Waals surface area contributed by atoms with Crippen LogP contribution in [0.15, 0.2) is 29.8 Å². The van der Waals surface area contributed by atoms with Gasteiger partial charge in [0.25, 0.3) is 0 Å². The predicted molar refractivity (Wildman–Crippen MR) is 97.8 cm³/mol. The zero-order valence-electron chi connectivity index (χ0n) is 14.2. The first-order chi connectivity index (χ1) is 12.3. The van der Waals surface area contributed by atoms with Gasteiger partial charge in [-0.2, -0.15) is 0 Å². The molecule has 0 saturated heterocycles. The molecule has 1 saturated carbocycles. The third-order valence-corrected chi connectivity index (χ3v) is 5.98. The Labute approximate surface area is 152 Å². The maximum Gasteiger partial charge on any atom is 0.317 e. The fourth-order valence-electron chi connectivity index (χ4n) is 3.53. The molecule has 4 rings (SSSR count). The number of nitrogens with one attached hydrogen (secondary N) is 1. The van der Waals surface area contributed by atoms with Crippen molar-refractivity contribution in [2.45, 2.75) is 51.3 Å². The van der Waals surface area contributed by atoms with E-state index in [0.717, 1.165) is 31.4 Å². The van der Waals surface area contributed by atoms with E-state index >= 15 is 0 Å². The van der Waals surface area contributed by atoms with E-state index in [1.807, 2.05) is 17.0 Å². The minimum Gasteiger partial charge on any atom is -0.474 e. The molecule has 0 spiro atoms. The summed E-state index contributed by atoms with van der Waals surface area (Å²) in [5.74, 6) is 0.661. The SMILES string of the molecule is O=C(NCc1cccnc1OC1CCCC1)N1CCc2sccc2C1.